The van der Waals surface area contributed by atoms with Crippen molar-refractivity contribution in [2.45, 2.75) is 6.42 Å². The van der Waals surface area contributed by atoms with Crippen molar-refractivity contribution < 1.29 is 9.84 Å². The van der Waals surface area contributed by atoms with Crippen LogP contribution in [-0.4, -0.2) is 16.7 Å². The van der Waals surface area contributed by atoms with Crippen LogP contribution < -0.4 is 4.74 Å². The van der Waals surface area contributed by atoms with E-state index in [4.69, 9.17) is 9.84 Å². The van der Waals surface area contributed by atoms with Gasteiger partial charge in [0.2, 0.25) is 5.88 Å². The van der Waals surface area contributed by atoms with Gasteiger partial charge < -0.3 is 9.84 Å². The molecule has 2 rings (SSSR count). The summed E-state index contributed by atoms with van der Waals surface area (Å²) in [7, 11) is 0. The summed E-state index contributed by atoms with van der Waals surface area (Å²) in [6.07, 6.45) is 2.51. The van der Waals surface area contributed by atoms with E-state index in [1.807, 2.05) is 30.3 Å². The molecule has 1 aromatic carbocycles. The van der Waals surface area contributed by atoms with E-state index in [1.54, 1.807) is 18.3 Å². The fourth-order valence-corrected chi connectivity index (χ4v) is 1.37. The number of nitrogens with zero attached hydrogens (tertiary/aromatic N) is 1. The largest absolute Gasteiger partial charge is 0.508 e. The Balaban J connectivity index is 1.82. The molecule has 1 aromatic heterocycles. The second-order valence-electron chi connectivity index (χ2n) is 3.43. The number of hydrogen-bond donors (Lipinski definition) is 1. The van der Waals surface area contributed by atoms with Gasteiger partial charge in [-0.05, 0) is 23.8 Å². The van der Waals surface area contributed by atoms with E-state index in [9.17, 15) is 0 Å². The highest BCUT2D eigenvalue weighted by Crippen LogP contribution is 2.10. The third-order valence-corrected chi connectivity index (χ3v) is 2.21. The summed E-state index contributed by atoms with van der Waals surface area (Å²) < 4.78 is 5.47. The minimum Gasteiger partial charge on any atom is -0.508 e. The van der Waals surface area contributed by atoms with Crippen LogP contribution in [0.3, 0.4) is 0 Å². The van der Waals surface area contributed by atoms with Crippen LogP contribution in [0.25, 0.3) is 0 Å². The van der Waals surface area contributed by atoms with E-state index < -0.39 is 0 Å². The van der Waals surface area contributed by atoms with Crippen molar-refractivity contribution in [3.8, 4) is 11.6 Å². The van der Waals surface area contributed by atoms with Crippen LogP contribution in [0.4, 0.5) is 0 Å². The second-order valence-corrected chi connectivity index (χ2v) is 3.43. The Kier molecular flexibility index (Phi) is 3.38. The van der Waals surface area contributed by atoms with Crippen LogP contribution in [0.2, 0.25) is 0 Å². The highest BCUT2D eigenvalue weighted by atomic mass is 16.5. The van der Waals surface area contributed by atoms with Gasteiger partial charge >= 0.3 is 0 Å². The quantitative estimate of drug-likeness (QED) is 0.851. The molecule has 16 heavy (non-hydrogen) atoms. The first kappa shape index (κ1) is 10.5. The number of aromatic nitrogens is 1. The van der Waals surface area contributed by atoms with Crippen molar-refractivity contribution in [1.82, 2.24) is 4.98 Å². The number of ether oxygens (including phenoxy) is 1. The van der Waals surface area contributed by atoms with Crippen molar-refractivity contribution in [2.75, 3.05) is 6.61 Å². The highest BCUT2D eigenvalue weighted by molar-refractivity contribution is 5.26. The number of phenols is 1. The van der Waals surface area contributed by atoms with E-state index >= 15 is 0 Å². The van der Waals surface area contributed by atoms with E-state index in [0.717, 1.165) is 12.0 Å². The maximum Gasteiger partial charge on any atom is 0.213 e. The fraction of sp³-hybridized carbons (Fsp3) is 0.154. The van der Waals surface area contributed by atoms with Gasteiger partial charge in [-0.1, -0.05) is 18.2 Å². The lowest BCUT2D eigenvalue weighted by Gasteiger charge is -2.04. The number of pyridine rings is 1. The second kappa shape index (κ2) is 5.16. The molecule has 0 unspecified atom stereocenters. The van der Waals surface area contributed by atoms with Crippen LogP contribution in [0, 0.1) is 0 Å². The molecule has 0 radical (unpaired) electrons. The van der Waals surface area contributed by atoms with E-state index in [0.29, 0.717) is 12.5 Å². The zero-order valence-electron chi connectivity index (χ0n) is 8.84. The molecule has 2 aromatic rings. The predicted molar refractivity (Wildman–Crippen MR) is 61.5 cm³/mol. The van der Waals surface area contributed by atoms with Gasteiger partial charge in [0.25, 0.3) is 0 Å². The minimum absolute atomic E-state index is 0.286. The summed E-state index contributed by atoms with van der Waals surface area (Å²) in [6, 6.07) is 12.7. The zero-order valence-corrected chi connectivity index (χ0v) is 8.84. The van der Waals surface area contributed by atoms with Gasteiger partial charge in [-0.15, -0.1) is 0 Å². The standard InChI is InChI=1S/C13H13NO2/c15-12-6-4-11(5-7-12)8-10-16-13-3-1-2-9-14-13/h1-7,9,15H,8,10H2. The first-order valence-electron chi connectivity index (χ1n) is 5.16. The molecule has 0 fully saturated rings. The van der Waals surface area contributed by atoms with Gasteiger partial charge in [0.1, 0.15) is 5.75 Å². The topological polar surface area (TPSA) is 42.4 Å². The Hall–Kier alpha value is -2.03. The molecular weight excluding hydrogens is 202 g/mol. The van der Waals surface area contributed by atoms with Gasteiger partial charge in [-0.2, -0.15) is 0 Å². The first-order valence-corrected chi connectivity index (χ1v) is 5.16. The molecule has 82 valence electrons. The summed E-state index contributed by atoms with van der Waals surface area (Å²) in [5.74, 6) is 0.927. The Morgan fingerprint density at radius 2 is 1.88 bits per heavy atom. The normalized spacial score (nSPS) is 10.0. The average molecular weight is 215 g/mol. The Morgan fingerprint density at radius 1 is 1.06 bits per heavy atom. The predicted octanol–water partition coefficient (Wildman–Crippen LogP) is 2.41. The van der Waals surface area contributed by atoms with E-state index in [1.165, 1.54) is 0 Å². The molecule has 3 heteroatoms. The third-order valence-electron chi connectivity index (χ3n) is 2.21. The summed E-state index contributed by atoms with van der Waals surface area (Å²) in [6.45, 7) is 0.585. The Labute approximate surface area is 94.3 Å². The smallest absolute Gasteiger partial charge is 0.213 e. The van der Waals surface area contributed by atoms with Crippen molar-refractivity contribution in [1.29, 1.82) is 0 Å². The number of aromatic hydroxyl groups is 1. The number of rotatable bonds is 4. The highest BCUT2D eigenvalue weighted by Gasteiger charge is 1.96. The molecule has 0 aliphatic rings. The molecule has 1 N–H and O–H groups in total. The Bertz CT molecular complexity index is 425. The zero-order chi connectivity index (χ0) is 11.2. The van der Waals surface area contributed by atoms with Crippen LogP contribution in [0.5, 0.6) is 11.6 Å². The first-order chi connectivity index (χ1) is 7.84. The molecule has 0 spiro atoms. The van der Waals surface area contributed by atoms with Crippen LogP contribution in [0.1, 0.15) is 5.56 Å². The average Bonchev–Trinajstić information content (AvgIpc) is 2.33. The lowest BCUT2D eigenvalue weighted by molar-refractivity contribution is 0.309. The molecule has 0 amide bonds. The van der Waals surface area contributed by atoms with Crippen molar-refractivity contribution in [3.63, 3.8) is 0 Å². The van der Waals surface area contributed by atoms with Gasteiger partial charge in [0.05, 0.1) is 6.61 Å². The molecule has 3 nitrogen and oxygen atoms in total. The number of hydrogen-bond acceptors (Lipinski definition) is 3. The maximum absolute atomic E-state index is 9.12. The van der Waals surface area contributed by atoms with Crippen LogP contribution >= 0.6 is 0 Å². The Morgan fingerprint density at radius 3 is 2.56 bits per heavy atom. The summed E-state index contributed by atoms with van der Waals surface area (Å²) in [5, 5.41) is 9.12. The fourth-order valence-electron chi connectivity index (χ4n) is 1.37. The molecule has 0 bridgehead atoms. The molecule has 0 aliphatic heterocycles. The van der Waals surface area contributed by atoms with Gasteiger partial charge in [-0.25, -0.2) is 4.98 Å². The van der Waals surface area contributed by atoms with Gasteiger partial charge in [0.15, 0.2) is 0 Å². The van der Waals surface area contributed by atoms with E-state index in [2.05, 4.69) is 4.98 Å². The summed E-state index contributed by atoms with van der Waals surface area (Å²) in [5.41, 5.74) is 1.13. The third kappa shape index (κ3) is 2.98. The molecule has 1 heterocycles. The van der Waals surface area contributed by atoms with E-state index in [-0.39, 0.29) is 5.75 Å². The summed E-state index contributed by atoms with van der Waals surface area (Å²) in [4.78, 5) is 4.06. The SMILES string of the molecule is Oc1ccc(CCOc2ccccn2)cc1. The van der Waals surface area contributed by atoms with Gasteiger partial charge in [0, 0.05) is 18.7 Å². The lowest BCUT2D eigenvalue weighted by Crippen LogP contribution is -2.02. The number of benzene rings is 1. The number of phenolic OH excluding ortho intramolecular Hbond substituents is 1. The lowest BCUT2D eigenvalue weighted by atomic mass is 10.1. The molecular formula is C13H13NO2. The van der Waals surface area contributed by atoms with Crippen LogP contribution in [-0.2, 0) is 6.42 Å². The van der Waals surface area contributed by atoms with Crippen molar-refractivity contribution in [3.05, 3.63) is 54.2 Å². The van der Waals surface area contributed by atoms with Crippen LogP contribution in [0.15, 0.2) is 48.7 Å². The maximum atomic E-state index is 9.12. The monoisotopic (exact) mass is 215 g/mol. The van der Waals surface area contributed by atoms with Crippen molar-refractivity contribution in [2.24, 2.45) is 0 Å². The molecule has 0 atom stereocenters. The molecule has 0 saturated heterocycles. The molecule has 0 saturated carbocycles. The minimum atomic E-state index is 0.286. The van der Waals surface area contributed by atoms with Crippen molar-refractivity contribution >= 4 is 0 Å². The molecule has 0 aliphatic carbocycles. The van der Waals surface area contributed by atoms with Gasteiger partial charge in [-0.3, -0.25) is 0 Å². The summed E-state index contributed by atoms with van der Waals surface area (Å²) >= 11 is 0.